The number of benzene rings is 3. The van der Waals surface area contributed by atoms with Crippen LogP contribution in [-0.4, -0.2) is 33.5 Å². The Morgan fingerprint density at radius 3 is 2.34 bits per heavy atom. The van der Waals surface area contributed by atoms with E-state index >= 15 is 0 Å². The molecule has 162 valence electrons. The SMILES string of the molecule is COc1ccccc1NC(=O)CSc1nnc(CSc2ccccc2)n1-c1ccccc1. The Hall–Kier alpha value is -3.23. The van der Waals surface area contributed by atoms with Crippen molar-refractivity contribution < 1.29 is 9.53 Å². The number of thioether (sulfide) groups is 2. The Bertz CT molecular complexity index is 1170. The molecule has 0 radical (unpaired) electrons. The fraction of sp³-hybridized carbons (Fsp3) is 0.125. The second kappa shape index (κ2) is 10.9. The molecule has 3 aromatic carbocycles. The first-order valence-corrected chi connectivity index (χ1v) is 11.9. The number of carbonyl (C=O) groups is 1. The molecule has 1 amide bonds. The molecule has 0 bridgehead atoms. The number of aromatic nitrogens is 3. The number of para-hydroxylation sites is 3. The van der Waals surface area contributed by atoms with Gasteiger partial charge >= 0.3 is 0 Å². The first-order chi connectivity index (χ1) is 15.7. The minimum Gasteiger partial charge on any atom is -0.495 e. The standard InChI is InChI=1S/C24H22N4O2S2/c1-30-21-15-9-8-14-20(21)25-23(29)17-32-24-27-26-22(16-31-19-12-6-3-7-13-19)28(24)18-10-4-2-5-11-18/h2-15H,16-17H2,1H3,(H,25,29). The van der Waals surface area contributed by atoms with Crippen LogP contribution < -0.4 is 10.1 Å². The third-order valence-corrected chi connectivity index (χ3v) is 6.48. The van der Waals surface area contributed by atoms with E-state index in [1.54, 1.807) is 18.9 Å². The summed E-state index contributed by atoms with van der Waals surface area (Å²) < 4.78 is 7.31. The quantitative estimate of drug-likeness (QED) is 0.341. The van der Waals surface area contributed by atoms with Gasteiger partial charge in [-0.2, -0.15) is 0 Å². The number of hydrogen-bond acceptors (Lipinski definition) is 6. The lowest BCUT2D eigenvalue weighted by Gasteiger charge is -2.11. The summed E-state index contributed by atoms with van der Waals surface area (Å²) in [7, 11) is 1.58. The van der Waals surface area contributed by atoms with Crippen molar-refractivity contribution in [3.8, 4) is 11.4 Å². The summed E-state index contributed by atoms with van der Waals surface area (Å²) in [5.74, 6) is 2.19. The summed E-state index contributed by atoms with van der Waals surface area (Å²) in [6.07, 6.45) is 0. The van der Waals surface area contributed by atoms with Gasteiger partial charge in [-0.3, -0.25) is 9.36 Å². The van der Waals surface area contributed by atoms with Gasteiger partial charge in [0.05, 0.1) is 24.3 Å². The second-order valence-electron chi connectivity index (χ2n) is 6.71. The van der Waals surface area contributed by atoms with Crippen LogP contribution >= 0.6 is 23.5 Å². The maximum Gasteiger partial charge on any atom is 0.234 e. The van der Waals surface area contributed by atoms with Crippen LogP contribution in [0.15, 0.2) is 95.0 Å². The van der Waals surface area contributed by atoms with Crippen molar-refractivity contribution in [2.75, 3.05) is 18.2 Å². The number of carbonyl (C=O) groups excluding carboxylic acids is 1. The number of rotatable bonds is 9. The molecule has 1 aromatic heterocycles. The molecule has 4 rings (SSSR count). The van der Waals surface area contributed by atoms with E-state index in [0.717, 1.165) is 11.5 Å². The number of anilines is 1. The molecule has 32 heavy (non-hydrogen) atoms. The molecule has 0 spiro atoms. The Labute approximate surface area is 195 Å². The Balaban J connectivity index is 1.49. The predicted molar refractivity (Wildman–Crippen MR) is 130 cm³/mol. The first-order valence-electron chi connectivity index (χ1n) is 9.98. The molecule has 0 fully saturated rings. The highest BCUT2D eigenvalue weighted by atomic mass is 32.2. The maximum atomic E-state index is 12.6. The minimum atomic E-state index is -0.137. The third-order valence-electron chi connectivity index (χ3n) is 4.54. The number of nitrogens with zero attached hydrogens (tertiary/aromatic N) is 3. The van der Waals surface area contributed by atoms with Crippen LogP contribution in [0.25, 0.3) is 5.69 Å². The number of amides is 1. The first kappa shape index (κ1) is 22.0. The van der Waals surface area contributed by atoms with Crippen molar-refractivity contribution >= 4 is 35.1 Å². The highest BCUT2D eigenvalue weighted by Crippen LogP contribution is 2.28. The fourth-order valence-corrected chi connectivity index (χ4v) is 4.66. The molecule has 0 aliphatic carbocycles. The molecule has 0 aliphatic rings. The number of nitrogens with one attached hydrogen (secondary N) is 1. The molecule has 0 saturated carbocycles. The molecular formula is C24H22N4O2S2. The second-order valence-corrected chi connectivity index (χ2v) is 8.70. The molecule has 1 N–H and O–H groups in total. The zero-order valence-electron chi connectivity index (χ0n) is 17.5. The van der Waals surface area contributed by atoms with E-state index < -0.39 is 0 Å². The van der Waals surface area contributed by atoms with Crippen LogP contribution in [0.2, 0.25) is 0 Å². The number of ether oxygens (including phenoxy) is 1. The van der Waals surface area contributed by atoms with E-state index in [9.17, 15) is 4.79 Å². The van der Waals surface area contributed by atoms with Gasteiger partial charge < -0.3 is 10.1 Å². The van der Waals surface area contributed by atoms with Gasteiger partial charge in [0, 0.05) is 10.6 Å². The summed E-state index contributed by atoms with van der Waals surface area (Å²) in [5.41, 5.74) is 1.61. The van der Waals surface area contributed by atoms with Crippen molar-refractivity contribution in [1.82, 2.24) is 14.8 Å². The summed E-state index contributed by atoms with van der Waals surface area (Å²) >= 11 is 3.05. The molecule has 0 atom stereocenters. The van der Waals surface area contributed by atoms with Gasteiger partial charge in [0.1, 0.15) is 11.6 Å². The van der Waals surface area contributed by atoms with Crippen molar-refractivity contribution in [2.24, 2.45) is 0 Å². The summed E-state index contributed by atoms with van der Waals surface area (Å²) in [5, 5.41) is 12.4. The van der Waals surface area contributed by atoms with E-state index in [0.29, 0.717) is 22.3 Å². The zero-order chi connectivity index (χ0) is 22.2. The van der Waals surface area contributed by atoms with Crippen molar-refractivity contribution in [2.45, 2.75) is 15.8 Å². The van der Waals surface area contributed by atoms with Crippen molar-refractivity contribution in [3.63, 3.8) is 0 Å². The molecule has 0 unspecified atom stereocenters. The monoisotopic (exact) mass is 462 g/mol. The average Bonchev–Trinajstić information content (AvgIpc) is 3.26. The Morgan fingerprint density at radius 1 is 0.906 bits per heavy atom. The Kier molecular flexibility index (Phi) is 7.47. The van der Waals surface area contributed by atoms with Crippen LogP contribution in [0.4, 0.5) is 5.69 Å². The predicted octanol–water partition coefficient (Wildman–Crippen LogP) is 5.30. The molecule has 0 aliphatic heterocycles. The van der Waals surface area contributed by atoms with Crippen molar-refractivity contribution in [3.05, 3.63) is 90.8 Å². The Morgan fingerprint density at radius 2 is 1.59 bits per heavy atom. The molecule has 6 nitrogen and oxygen atoms in total. The van der Waals surface area contributed by atoms with E-state index in [1.807, 2.05) is 77.4 Å². The van der Waals surface area contributed by atoms with Gasteiger partial charge in [-0.1, -0.05) is 60.3 Å². The molecular weight excluding hydrogens is 440 g/mol. The minimum absolute atomic E-state index is 0.137. The molecule has 8 heteroatoms. The van der Waals surface area contributed by atoms with E-state index in [1.165, 1.54) is 16.7 Å². The summed E-state index contributed by atoms with van der Waals surface area (Å²) in [6, 6.07) is 27.5. The maximum absolute atomic E-state index is 12.6. The van der Waals surface area contributed by atoms with Crippen LogP contribution in [-0.2, 0) is 10.5 Å². The smallest absolute Gasteiger partial charge is 0.234 e. The highest BCUT2D eigenvalue weighted by Gasteiger charge is 2.16. The average molecular weight is 463 g/mol. The van der Waals surface area contributed by atoms with Gasteiger partial charge in [0.15, 0.2) is 5.16 Å². The van der Waals surface area contributed by atoms with Gasteiger partial charge in [-0.15, -0.1) is 22.0 Å². The molecule has 1 heterocycles. The fourth-order valence-electron chi connectivity index (χ4n) is 3.05. The number of hydrogen-bond donors (Lipinski definition) is 1. The van der Waals surface area contributed by atoms with Crippen LogP contribution in [0, 0.1) is 0 Å². The van der Waals surface area contributed by atoms with Crippen LogP contribution in [0.5, 0.6) is 5.75 Å². The van der Waals surface area contributed by atoms with Crippen LogP contribution in [0.3, 0.4) is 0 Å². The largest absolute Gasteiger partial charge is 0.495 e. The van der Waals surface area contributed by atoms with E-state index in [4.69, 9.17) is 4.74 Å². The third kappa shape index (κ3) is 5.52. The molecule has 0 saturated heterocycles. The molecule has 4 aromatic rings. The van der Waals surface area contributed by atoms with Gasteiger partial charge in [0.25, 0.3) is 0 Å². The van der Waals surface area contributed by atoms with Gasteiger partial charge in [0.2, 0.25) is 5.91 Å². The summed E-state index contributed by atoms with van der Waals surface area (Å²) in [4.78, 5) is 13.7. The van der Waals surface area contributed by atoms with Crippen molar-refractivity contribution in [1.29, 1.82) is 0 Å². The lowest BCUT2D eigenvalue weighted by Crippen LogP contribution is -2.15. The number of methoxy groups -OCH3 is 1. The topological polar surface area (TPSA) is 69.0 Å². The van der Waals surface area contributed by atoms with Crippen LogP contribution in [0.1, 0.15) is 5.82 Å². The van der Waals surface area contributed by atoms with Gasteiger partial charge in [-0.05, 0) is 36.4 Å². The van der Waals surface area contributed by atoms with E-state index in [2.05, 4.69) is 27.6 Å². The van der Waals surface area contributed by atoms with E-state index in [-0.39, 0.29) is 11.7 Å². The van der Waals surface area contributed by atoms with Gasteiger partial charge in [-0.25, -0.2) is 0 Å². The zero-order valence-corrected chi connectivity index (χ0v) is 19.1. The highest BCUT2D eigenvalue weighted by molar-refractivity contribution is 7.99. The summed E-state index contributed by atoms with van der Waals surface area (Å²) in [6.45, 7) is 0. The normalized spacial score (nSPS) is 10.7. The lowest BCUT2D eigenvalue weighted by molar-refractivity contribution is -0.113. The lowest BCUT2D eigenvalue weighted by atomic mass is 10.3.